The SMILES string of the molecule is [2H]C([2H])(OC)[C@H](N)Cc1oc2c(NCc3cccs3)cc(Cl)nc2c1Br. The van der Waals surface area contributed by atoms with E-state index in [1.165, 1.54) is 12.0 Å². The fraction of sp³-hybridized carbons (Fsp3) is 0.312. The highest BCUT2D eigenvalue weighted by molar-refractivity contribution is 9.10. The molecule has 3 N–H and O–H groups in total. The van der Waals surface area contributed by atoms with E-state index < -0.39 is 12.6 Å². The summed E-state index contributed by atoms with van der Waals surface area (Å²) >= 11 is 11.3. The minimum Gasteiger partial charge on any atom is -0.456 e. The van der Waals surface area contributed by atoms with Gasteiger partial charge in [-0.1, -0.05) is 17.7 Å². The number of ether oxygens (including phenoxy) is 1. The molecule has 0 unspecified atom stereocenters. The molecule has 0 radical (unpaired) electrons. The van der Waals surface area contributed by atoms with Crippen molar-refractivity contribution in [2.24, 2.45) is 5.73 Å². The molecule has 24 heavy (non-hydrogen) atoms. The average molecular weight is 433 g/mol. The molecule has 0 saturated carbocycles. The number of nitrogens with two attached hydrogens (primary N) is 1. The number of pyridine rings is 1. The molecule has 0 aliphatic carbocycles. The lowest BCUT2D eigenvalue weighted by molar-refractivity contribution is 0.178. The topological polar surface area (TPSA) is 73.3 Å². The van der Waals surface area contributed by atoms with E-state index in [0.717, 1.165) is 0 Å². The van der Waals surface area contributed by atoms with Gasteiger partial charge in [-0.2, -0.15) is 0 Å². The fourth-order valence-electron chi connectivity index (χ4n) is 2.31. The van der Waals surface area contributed by atoms with Gasteiger partial charge in [0.15, 0.2) is 5.58 Å². The van der Waals surface area contributed by atoms with Crippen molar-refractivity contribution in [1.29, 1.82) is 0 Å². The molecule has 0 aliphatic heterocycles. The summed E-state index contributed by atoms with van der Waals surface area (Å²) in [6.07, 6.45) is 0.139. The van der Waals surface area contributed by atoms with E-state index >= 15 is 0 Å². The summed E-state index contributed by atoms with van der Waals surface area (Å²) in [5, 5.41) is 5.65. The number of rotatable bonds is 7. The highest BCUT2D eigenvalue weighted by Crippen LogP contribution is 2.36. The Morgan fingerprint density at radius 3 is 3.17 bits per heavy atom. The van der Waals surface area contributed by atoms with Crippen LogP contribution < -0.4 is 11.1 Å². The van der Waals surface area contributed by atoms with Crippen molar-refractivity contribution in [2.75, 3.05) is 19.0 Å². The molecule has 8 heteroatoms. The van der Waals surface area contributed by atoms with Crippen LogP contribution in [0.4, 0.5) is 5.69 Å². The first-order valence-corrected chi connectivity index (χ1v) is 9.21. The molecular formula is C16H17BrClN3O2S. The van der Waals surface area contributed by atoms with Gasteiger partial charge in [0.2, 0.25) is 0 Å². The number of hydrogen-bond donors (Lipinski definition) is 2. The molecule has 0 bridgehead atoms. The van der Waals surface area contributed by atoms with Gasteiger partial charge < -0.3 is 20.2 Å². The molecule has 3 aromatic rings. The summed E-state index contributed by atoms with van der Waals surface area (Å²) in [5.74, 6) is 0.488. The fourth-order valence-corrected chi connectivity index (χ4v) is 3.65. The maximum atomic E-state index is 7.77. The Bertz CT molecular complexity index is 905. The van der Waals surface area contributed by atoms with Gasteiger partial charge in [-0.3, -0.25) is 0 Å². The third-order valence-corrected chi connectivity index (χ3v) is 5.22. The number of methoxy groups -OCH3 is 1. The summed E-state index contributed by atoms with van der Waals surface area (Å²) in [6, 6.07) is 4.82. The predicted molar refractivity (Wildman–Crippen MR) is 102 cm³/mol. The highest BCUT2D eigenvalue weighted by atomic mass is 79.9. The van der Waals surface area contributed by atoms with Crippen molar-refractivity contribution in [3.05, 3.63) is 43.8 Å². The Morgan fingerprint density at radius 2 is 2.46 bits per heavy atom. The molecular weight excluding hydrogens is 414 g/mol. The Labute approximate surface area is 160 Å². The molecule has 0 saturated heterocycles. The van der Waals surface area contributed by atoms with Crippen molar-refractivity contribution >= 4 is 55.7 Å². The van der Waals surface area contributed by atoms with Crippen LogP contribution in [0, 0.1) is 0 Å². The van der Waals surface area contributed by atoms with Crippen molar-refractivity contribution in [2.45, 2.75) is 19.0 Å². The number of aromatic nitrogens is 1. The molecule has 1 atom stereocenters. The van der Waals surface area contributed by atoms with Crippen molar-refractivity contribution in [3.8, 4) is 0 Å². The van der Waals surface area contributed by atoms with Crippen LogP contribution in [0.15, 0.2) is 32.5 Å². The molecule has 3 aromatic heterocycles. The average Bonchev–Trinajstić information content (AvgIpc) is 3.22. The van der Waals surface area contributed by atoms with Crippen molar-refractivity contribution in [3.63, 3.8) is 0 Å². The van der Waals surface area contributed by atoms with Gasteiger partial charge in [-0.25, -0.2) is 4.98 Å². The van der Waals surface area contributed by atoms with Gasteiger partial charge in [-0.15, -0.1) is 11.3 Å². The zero-order valence-corrected chi connectivity index (χ0v) is 16.0. The van der Waals surface area contributed by atoms with E-state index in [1.54, 1.807) is 17.4 Å². The van der Waals surface area contributed by atoms with Crippen LogP contribution in [-0.2, 0) is 17.7 Å². The summed E-state index contributed by atoms with van der Waals surface area (Å²) < 4.78 is 26.9. The second kappa shape index (κ2) is 7.84. The van der Waals surface area contributed by atoms with Gasteiger partial charge in [0.05, 0.1) is 19.5 Å². The molecule has 3 rings (SSSR count). The van der Waals surface area contributed by atoms with Gasteiger partial charge in [0.1, 0.15) is 16.4 Å². The lowest BCUT2D eigenvalue weighted by Gasteiger charge is -2.08. The van der Waals surface area contributed by atoms with Crippen LogP contribution in [-0.4, -0.2) is 24.7 Å². The maximum absolute atomic E-state index is 7.77. The summed E-state index contributed by atoms with van der Waals surface area (Å²) in [5.41, 5.74) is 7.75. The van der Waals surface area contributed by atoms with E-state index in [2.05, 4.69) is 26.2 Å². The number of anilines is 1. The zero-order chi connectivity index (χ0) is 18.9. The molecule has 5 nitrogen and oxygen atoms in total. The van der Waals surface area contributed by atoms with E-state index in [-0.39, 0.29) is 6.42 Å². The Morgan fingerprint density at radius 1 is 1.62 bits per heavy atom. The molecule has 0 spiro atoms. The lowest BCUT2D eigenvalue weighted by atomic mass is 10.2. The van der Waals surface area contributed by atoms with Gasteiger partial charge in [0.25, 0.3) is 0 Å². The second-order valence-corrected chi connectivity index (χ2v) is 7.29. The number of furan rings is 1. The quantitative estimate of drug-likeness (QED) is 0.540. The largest absolute Gasteiger partial charge is 0.456 e. The standard InChI is InChI=1S/C16H17BrClN3O2S/c1-22-8-9(19)5-12-14(17)15-16(23-12)11(6-13(18)21-15)20-7-10-3-2-4-24-10/h2-4,6,9H,5,7-8,19H2,1H3,(H,20,21)/t9-/m1/s1/i8D2. The zero-order valence-electron chi connectivity index (χ0n) is 14.8. The van der Waals surface area contributed by atoms with Gasteiger partial charge in [0, 0.05) is 37.1 Å². The predicted octanol–water partition coefficient (Wildman–Crippen LogP) is 4.43. The lowest BCUT2D eigenvalue weighted by Crippen LogP contribution is -2.27. The molecule has 0 fully saturated rings. The van der Waals surface area contributed by atoms with Crippen LogP contribution in [0.2, 0.25) is 5.15 Å². The number of hydrogen-bond acceptors (Lipinski definition) is 6. The number of fused-ring (bicyclic) bond motifs is 1. The van der Waals surface area contributed by atoms with E-state index in [1.807, 2.05) is 17.5 Å². The van der Waals surface area contributed by atoms with Crippen molar-refractivity contribution < 1.29 is 11.9 Å². The minimum atomic E-state index is -1.97. The van der Waals surface area contributed by atoms with E-state index in [4.69, 9.17) is 29.2 Å². The van der Waals surface area contributed by atoms with Crippen LogP contribution >= 0.6 is 38.9 Å². The van der Waals surface area contributed by atoms with Crippen LogP contribution in [0.25, 0.3) is 11.1 Å². The van der Waals surface area contributed by atoms with Crippen LogP contribution in [0.5, 0.6) is 0 Å². The summed E-state index contributed by atoms with van der Waals surface area (Å²) in [7, 11) is 1.28. The third kappa shape index (κ3) is 3.92. The smallest absolute Gasteiger partial charge is 0.177 e. The second-order valence-electron chi connectivity index (χ2n) is 5.08. The summed E-state index contributed by atoms with van der Waals surface area (Å²) in [4.78, 5) is 5.49. The first-order valence-electron chi connectivity index (χ1n) is 8.16. The Kier molecular flexibility index (Phi) is 4.95. The first kappa shape index (κ1) is 15.2. The minimum absolute atomic E-state index is 0.139. The van der Waals surface area contributed by atoms with Gasteiger partial charge >= 0.3 is 0 Å². The van der Waals surface area contributed by atoms with Crippen molar-refractivity contribution in [1.82, 2.24) is 4.98 Å². The number of nitrogens with one attached hydrogen (secondary N) is 1. The number of halogens is 2. The Balaban J connectivity index is 1.92. The molecule has 128 valence electrons. The first-order chi connectivity index (χ1) is 12.3. The van der Waals surface area contributed by atoms with E-state index in [0.29, 0.717) is 38.7 Å². The molecule has 0 amide bonds. The maximum Gasteiger partial charge on any atom is 0.177 e. The summed E-state index contributed by atoms with van der Waals surface area (Å²) in [6.45, 7) is -1.34. The molecule has 0 aromatic carbocycles. The van der Waals surface area contributed by atoms with Crippen LogP contribution in [0.1, 0.15) is 13.4 Å². The third-order valence-electron chi connectivity index (χ3n) is 3.33. The van der Waals surface area contributed by atoms with E-state index in [9.17, 15) is 0 Å². The highest BCUT2D eigenvalue weighted by Gasteiger charge is 2.19. The molecule has 3 heterocycles. The van der Waals surface area contributed by atoms with Crippen LogP contribution in [0.3, 0.4) is 0 Å². The number of thiophene rings is 1. The van der Waals surface area contributed by atoms with Gasteiger partial charge in [-0.05, 0) is 27.4 Å². The monoisotopic (exact) mass is 431 g/mol. The Hall–Kier alpha value is -1.12. The molecule has 0 aliphatic rings. The number of nitrogens with zero attached hydrogens (tertiary/aromatic N) is 1. The normalized spacial score (nSPS) is 14.5.